The molecule has 1 aliphatic rings. The molecule has 0 aliphatic carbocycles. The molecule has 3 rings (SSSR count). The Morgan fingerprint density at radius 3 is 2.23 bits per heavy atom. The van der Waals surface area contributed by atoms with Crippen LogP contribution in [0.5, 0.6) is 0 Å². The molecule has 2 atom stereocenters. The molecule has 1 aliphatic heterocycles. The molecule has 0 bridgehead atoms. The first kappa shape index (κ1) is 14.6. The lowest BCUT2D eigenvalue weighted by molar-refractivity contribution is -0.0132. The summed E-state index contributed by atoms with van der Waals surface area (Å²) in [6.45, 7) is 0.330. The second kappa shape index (κ2) is 6.60. The fourth-order valence-electron chi connectivity index (χ4n) is 2.61. The van der Waals surface area contributed by atoms with Crippen molar-refractivity contribution in [3.8, 4) is 0 Å². The normalized spacial score (nSPS) is 20.3. The lowest BCUT2D eigenvalue weighted by Crippen LogP contribution is -2.61. The predicted molar refractivity (Wildman–Crippen MR) is 82.2 cm³/mol. The van der Waals surface area contributed by atoms with Gasteiger partial charge >= 0.3 is 6.09 Å². The summed E-state index contributed by atoms with van der Waals surface area (Å²) < 4.78 is 19.1. The number of halogens is 1. The Morgan fingerprint density at radius 1 is 1.05 bits per heavy atom. The number of amides is 1. The van der Waals surface area contributed by atoms with Crippen LogP contribution in [0.15, 0.2) is 60.7 Å². The summed E-state index contributed by atoms with van der Waals surface area (Å²) in [4.78, 5) is 13.6. The van der Waals surface area contributed by atoms with Crippen molar-refractivity contribution >= 4 is 6.09 Å². The number of hydrogen-bond acceptors (Lipinski definition) is 2. The van der Waals surface area contributed by atoms with E-state index >= 15 is 0 Å². The van der Waals surface area contributed by atoms with Crippen LogP contribution in [-0.2, 0) is 17.8 Å². The molecule has 3 nitrogen and oxygen atoms in total. The van der Waals surface area contributed by atoms with E-state index in [1.807, 2.05) is 60.7 Å². The zero-order valence-corrected chi connectivity index (χ0v) is 12.2. The van der Waals surface area contributed by atoms with Gasteiger partial charge in [-0.1, -0.05) is 60.7 Å². The molecule has 0 radical (unpaired) electrons. The zero-order valence-electron chi connectivity index (χ0n) is 12.2. The third kappa shape index (κ3) is 3.27. The van der Waals surface area contributed by atoms with Gasteiger partial charge in [0.15, 0.2) is 0 Å². The van der Waals surface area contributed by atoms with Crippen molar-refractivity contribution in [1.29, 1.82) is 0 Å². The van der Waals surface area contributed by atoms with Crippen LogP contribution in [0, 0.1) is 0 Å². The van der Waals surface area contributed by atoms with Gasteiger partial charge in [0.1, 0.15) is 12.8 Å². The molecule has 2 aromatic rings. The van der Waals surface area contributed by atoms with Gasteiger partial charge in [0, 0.05) is 0 Å². The second-order valence-electron chi connectivity index (χ2n) is 5.47. The van der Waals surface area contributed by atoms with Crippen molar-refractivity contribution in [2.45, 2.75) is 25.2 Å². The number of likely N-dealkylation sites (tertiary alicyclic amines) is 1. The van der Waals surface area contributed by atoms with Crippen LogP contribution in [-0.4, -0.2) is 29.8 Å². The Kier molecular flexibility index (Phi) is 4.37. The highest BCUT2D eigenvalue weighted by molar-refractivity contribution is 5.69. The van der Waals surface area contributed by atoms with E-state index in [1.165, 1.54) is 4.90 Å². The number of benzene rings is 2. The number of ether oxygens (including phenoxy) is 1. The average Bonchev–Trinajstić information content (AvgIpc) is 2.57. The molecule has 22 heavy (non-hydrogen) atoms. The Hall–Kier alpha value is -2.36. The maximum absolute atomic E-state index is 13.8. The lowest BCUT2D eigenvalue weighted by atomic mass is 9.94. The first-order valence-corrected chi connectivity index (χ1v) is 7.39. The first-order valence-electron chi connectivity index (χ1n) is 7.39. The van der Waals surface area contributed by atoms with Gasteiger partial charge in [0.05, 0.1) is 12.6 Å². The quantitative estimate of drug-likeness (QED) is 0.863. The summed E-state index contributed by atoms with van der Waals surface area (Å²) in [6.07, 6.45) is -0.911. The number of carbonyl (C=O) groups is 1. The monoisotopic (exact) mass is 299 g/mol. The molecule has 1 heterocycles. The van der Waals surface area contributed by atoms with Crippen molar-refractivity contribution in [3.05, 3.63) is 71.8 Å². The average molecular weight is 299 g/mol. The number of rotatable bonds is 4. The van der Waals surface area contributed by atoms with E-state index in [2.05, 4.69) is 0 Å². The third-order valence-electron chi connectivity index (χ3n) is 3.92. The van der Waals surface area contributed by atoms with Crippen LogP contribution < -0.4 is 0 Å². The fourth-order valence-corrected chi connectivity index (χ4v) is 2.61. The molecule has 0 N–H and O–H groups in total. The molecule has 0 aromatic heterocycles. The molecule has 114 valence electrons. The van der Waals surface area contributed by atoms with E-state index in [0.29, 0.717) is 6.42 Å². The molecule has 1 amide bonds. The first-order chi connectivity index (χ1) is 10.7. The highest BCUT2D eigenvalue weighted by Crippen LogP contribution is 2.26. The summed E-state index contributed by atoms with van der Waals surface area (Å²) in [7, 11) is 0. The van der Waals surface area contributed by atoms with E-state index in [4.69, 9.17) is 4.74 Å². The topological polar surface area (TPSA) is 29.5 Å². The van der Waals surface area contributed by atoms with E-state index in [9.17, 15) is 9.18 Å². The van der Waals surface area contributed by atoms with E-state index in [0.717, 1.165) is 11.1 Å². The van der Waals surface area contributed by atoms with Crippen LogP contribution in [0.3, 0.4) is 0 Å². The molecular formula is C18H18FNO2. The molecule has 1 saturated heterocycles. The van der Waals surface area contributed by atoms with Crippen LogP contribution in [0.2, 0.25) is 0 Å². The van der Waals surface area contributed by atoms with Gasteiger partial charge in [-0.15, -0.1) is 0 Å². The minimum Gasteiger partial charge on any atom is -0.445 e. The second-order valence-corrected chi connectivity index (χ2v) is 5.47. The van der Waals surface area contributed by atoms with Gasteiger partial charge in [0.25, 0.3) is 0 Å². The lowest BCUT2D eigenvalue weighted by Gasteiger charge is -2.43. The summed E-state index contributed by atoms with van der Waals surface area (Å²) >= 11 is 0. The van der Waals surface area contributed by atoms with Gasteiger partial charge in [-0.3, -0.25) is 4.90 Å². The van der Waals surface area contributed by atoms with Crippen LogP contribution in [0.4, 0.5) is 9.18 Å². The number of hydrogen-bond donors (Lipinski definition) is 0. The minimum absolute atomic E-state index is 0.116. The smallest absolute Gasteiger partial charge is 0.410 e. The maximum Gasteiger partial charge on any atom is 0.410 e. The summed E-state index contributed by atoms with van der Waals surface area (Å²) in [5, 5.41) is 0. The highest BCUT2D eigenvalue weighted by atomic mass is 19.1. The number of carbonyl (C=O) groups excluding carboxylic acids is 1. The van der Waals surface area contributed by atoms with E-state index in [1.54, 1.807) is 0 Å². The van der Waals surface area contributed by atoms with E-state index < -0.39 is 18.3 Å². The highest BCUT2D eigenvalue weighted by Gasteiger charge is 2.43. The summed E-state index contributed by atoms with van der Waals surface area (Å²) in [5.41, 5.74) is 1.95. The van der Waals surface area contributed by atoms with Crippen molar-refractivity contribution in [2.75, 3.05) is 6.54 Å². The third-order valence-corrected chi connectivity index (χ3v) is 3.92. The van der Waals surface area contributed by atoms with Crippen molar-refractivity contribution in [2.24, 2.45) is 0 Å². The predicted octanol–water partition coefficient (Wildman–Crippen LogP) is 3.59. The minimum atomic E-state index is -0.982. The van der Waals surface area contributed by atoms with Gasteiger partial charge < -0.3 is 4.74 Å². The molecule has 4 heteroatoms. The largest absolute Gasteiger partial charge is 0.445 e. The molecule has 2 aromatic carbocycles. The Bertz CT molecular complexity index is 617. The van der Waals surface area contributed by atoms with E-state index in [-0.39, 0.29) is 13.2 Å². The molecule has 1 fully saturated rings. The summed E-state index contributed by atoms with van der Waals surface area (Å²) in [6, 6.07) is 18.7. The Labute approximate surface area is 129 Å². The van der Waals surface area contributed by atoms with Crippen LogP contribution in [0.25, 0.3) is 0 Å². The van der Waals surface area contributed by atoms with Gasteiger partial charge in [0.2, 0.25) is 0 Å². The fraction of sp³-hybridized carbons (Fsp3) is 0.278. The molecular weight excluding hydrogens is 281 g/mol. The number of alkyl halides is 1. The van der Waals surface area contributed by atoms with Gasteiger partial charge in [-0.05, 0) is 17.5 Å². The SMILES string of the molecule is O=C(OCc1ccccc1)N1C[C@@H](F)[C@@H]1Cc1ccccc1. The van der Waals surface area contributed by atoms with Gasteiger partial charge in [-0.2, -0.15) is 0 Å². The molecule has 0 spiro atoms. The van der Waals surface area contributed by atoms with Crippen LogP contribution in [0.1, 0.15) is 11.1 Å². The van der Waals surface area contributed by atoms with Crippen LogP contribution >= 0.6 is 0 Å². The van der Waals surface area contributed by atoms with Gasteiger partial charge in [-0.25, -0.2) is 9.18 Å². The Morgan fingerprint density at radius 2 is 1.64 bits per heavy atom. The summed E-state index contributed by atoms with van der Waals surface area (Å²) in [5.74, 6) is 0. The standard InChI is InChI=1S/C18H18FNO2/c19-16-12-20(17(16)11-14-7-3-1-4-8-14)18(21)22-13-15-9-5-2-6-10-15/h1-10,16-17H,11-13H2/t16-,17+/m1/s1. The van der Waals surface area contributed by atoms with Crippen molar-refractivity contribution < 1.29 is 13.9 Å². The molecule has 0 unspecified atom stereocenters. The zero-order chi connectivity index (χ0) is 15.4. The molecule has 0 saturated carbocycles. The van der Waals surface area contributed by atoms with Crippen molar-refractivity contribution in [3.63, 3.8) is 0 Å². The maximum atomic E-state index is 13.8. The van der Waals surface area contributed by atoms with Crippen molar-refractivity contribution in [1.82, 2.24) is 4.90 Å². The number of nitrogens with zero attached hydrogens (tertiary/aromatic N) is 1. The Balaban J connectivity index is 1.56.